The Morgan fingerprint density at radius 1 is 1.20 bits per heavy atom. The second-order valence-electron chi connectivity index (χ2n) is 5.66. The van der Waals surface area contributed by atoms with Crippen molar-refractivity contribution < 1.29 is 8.42 Å². The van der Waals surface area contributed by atoms with E-state index < -0.39 is 10.0 Å². The van der Waals surface area contributed by atoms with Crippen LogP contribution in [0.5, 0.6) is 0 Å². The molecule has 20 heavy (non-hydrogen) atoms. The molecule has 1 N–H and O–H groups in total. The maximum absolute atomic E-state index is 11.0. The van der Waals surface area contributed by atoms with Crippen molar-refractivity contribution >= 4 is 10.0 Å². The van der Waals surface area contributed by atoms with Crippen LogP contribution in [0.3, 0.4) is 0 Å². The van der Waals surface area contributed by atoms with Crippen molar-refractivity contribution in [2.24, 2.45) is 5.92 Å². The fourth-order valence-corrected chi connectivity index (χ4v) is 3.21. The van der Waals surface area contributed by atoms with Crippen LogP contribution >= 0.6 is 0 Å². The van der Waals surface area contributed by atoms with E-state index in [1.807, 2.05) is 6.07 Å². The Balaban J connectivity index is 1.67. The first kappa shape index (κ1) is 15.5. The lowest BCUT2D eigenvalue weighted by Crippen LogP contribution is -2.34. The van der Waals surface area contributed by atoms with Crippen molar-refractivity contribution in [2.45, 2.75) is 25.8 Å². The van der Waals surface area contributed by atoms with E-state index >= 15 is 0 Å². The van der Waals surface area contributed by atoms with Crippen LogP contribution in [-0.2, 0) is 16.6 Å². The molecule has 0 saturated carbocycles. The van der Waals surface area contributed by atoms with Gasteiger partial charge in [0.15, 0.2) is 0 Å². The minimum Gasteiger partial charge on any atom is -0.299 e. The van der Waals surface area contributed by atoms with Crippen molar-refractivity contribution in [3.05, 3.63) is 35.9 Å². The molecule has 112 valence electrons. The highest BCUT2D eigenvalue weighted by atomic mass is 32.2. The zero-order valence-corrected chi connectivity index (χ0v) is 12.9. The number of piperidine rings is 1. The highest BCUT2D eigenvalue weighted by Gasteiger charge is 2.19. The smallest absolute Gasteiger partial charge is 0.208 e. The summed E-state index contributed by atoms with van der Waals surface area (Å²) in [5.41, 5.74) is 1.37. The van der Waals surface area contributed by atoms with Gasteiger partial charge in [0.2, 0.25) is 10.0 Å². The van der Waals surface area contributed by atoms with Gasteiger partial charge in [0.25, 0.3) is 0 Å². The molecule has 1 aliphatic rings. The van der Waals surface area contributed by atoms with Crippen molar-refractivity contribution in [3.8, 4) is 0 Å². The molecule has 1 aromatic rings. The van der Waals surface area contributed by atoms with E-state index in [0.29, 0.717) is 12.5 Å². The molecule has 0 atom stereocenters. The van der Waals surface area contributed by atoms with Crippen molar-refractivity contribution in [1.82, 2.24) is 9.62 Å². The van der Waals surface area contributed by atoms with E-state index in [4.69, 9.17) is 0 Å². The first-order valence-electron chi connectivity index (χ1n) is 7.24. The summed E-state index contributed by atoms with van der Waals surface area (Å²) < 4.78 is 24.6. The molecule has 0 aromatic heterocycles. The summed E-state index contributed by atoms with van der Waals surface area (Å²) in [5, 5.41) is 0. The standard InChI is InChI=1S/C15H24N2O2S/c1-20(18,19)16-10-7-14-8-11-17(12-9-14)13-15-5-3-2-4-6-15/h2-6,14,16H,7-13H2,1H3. The van der Waals surface area contributed by atoms with Gasteiger partial charge in [-0.15, -0.1) is 0 Å². The molecule has 1 aliphatic heterocycles. The second kappa shape index (κ2) is 7.20. The molecule has 0 bridgehead atoms. The molecule has 1 heterocycles. The molecule has 4 nitrogen and oxygen atoms in total. The number of nitrogens with zero attached hydrogens (tertiary/aromatic N) is 1. The van der Waals surface area contributed by atoms with Gasteiger partial charge in [0.05, 0.1) is 6.26 Å². The average molecular weight is 296 g/mol. The zero-order chi connectivity index (χ0) is 14.4. The number of nitrogens with one attached hydrogen (secondary N) is 1. The molecule has 0 aliphatic carbocycles. The van der Waals surface area contributed by atoms with Crippen molar-refractivity contribution in [1.29, 1.82) is 0 Å². The Morgan fingerprint density at radius 2 is 1.85 bits per heavy atom. The van der Waals surface area contributed by atoms with Crippen LogP contribution in [0.2, 0.25) is 0 Å². The maximum atomic E-state index is 11.0. The molecular weight excluding hydrogens is 272 g/mol. The van der Waals surface area contributed by atoms with Crippen LogP contribution in [0, 0.1) is 5.92 Å². The third-order valence-electron chi connectivity index (χ3n) is 3.87. The number of hydrogen-bond acceptors (Lipinski definition) is 3. The minimum absolute atomic E-state index is 0.572. The van der Waals surface area contributed by atoms with Crippen molar-refractivity contribution in [3.63, 3.8) is 0 Å². The van der Waals surface area contributed by atoms with Crippen LogP contribution in [0.1, 0.15) is 24.8 Å². The van der Waals surface area contributed by atoms with Gasteiger partial charge in [-0.25, -0.2) is 13.1 Å². The average Bonchev–Trinajstić information content (AvgIpc) is 2.41. The third kappa shape index (κ3) is 5.61. The molecule has 1 aromatic carbocycles. The Labute approximate surface area is 122 Å². The number of rotatable bonds is 6. The Kier molecular flexibility index (Phi) is 5.57. The Morgan fingerprint density at radius 3 is 2.45 bits per heavy atom. The van der Waals surface area contributed by atoms with Gasteiger partial charge in [-0.2, -0.15) is 0 Å². The number of benzene rings is 1. The minimum atomic E-state index is -3.04. The quantitative estimate of drug-likeness (QED) is 0.871. The van der Waals surface area contributed by atoms with Gasteiger partial charge < -0.3 is 0 Å². The van der Waals surface area contributed by atoms with Crippen LogP contribution < -0.4 is 4.72 Å². The fourth-order valence-electron chi connectivity index (χ4n) is 2.72. The molecule has 0 unspecified atom stereocenters. The Bertz CT molecular complexity index is 494. The first-order chi connectivity index (χ1) is 9.53. The van der Waals surface area contributed by atoms with E-state index in [2.05, 4.69) is 33.9 Å². The molecule has 0 amide bonds. The van der Waals surface area contributed by atoms with Gasteiger partial charge in [0.1, 0.15) is 0 Å². The molecule has 5 heteroatoms. The first-order valence-corrected chi connectivity index (χ1v) is 9.13. The molecular formula is C15H24N2O2S. The SMILES string of the molecule is CS(=O)(=O)NCCC1CCN(Cc2ccccc2)CC1. The van der Waals surface area contributed by atoms with Gasteiger partial charge in [-0.05, 0) is 43.8 Å². The maximum Gasteiger partial charge on any atom is 0.208 e. The van der Waals surface area contributed by atoms with E-state index in [0.717, 1.165) is 38.9 Å². The largest absolute Gasteiger partial charge is 0.299 e. The summed E-state index contributed by atoms with van der Waals surface area (Å²) in [6.07, 6.45) is 4.50. The number of sulfonamides is 1. The van der Waals surface area contributed by atoms with Crippen LogP contribution in [0.25, 0.3) is 0 Å². The molecule has 1 fully saturated rings. The monoisotopic (exact) mass is 296 g/mol. The molecule has 1 saturated heterocycles. The predicted molar refractivity (Wildman–Crippen MR) is 81.9 cm³/mol. The van der Waals surface area contributed by atoms with Gasteiger partial charge in [0, 0.05) is 13.1 Å². The van der Waals surface area contributed by atoms with Crippen LogP contribution in [0.4, 0.5) is 0 Å². The van der Waals surface area contributed by atoms with E-state index in [9.17, 15) is 8.42 Å². The molecule has 0 radical (unpaired) electrons. The van der Waals surface area contributed by atoms with Crippen LogP contribution in [-0.4, -0.2) is 39.2 Å². The summed E-state index contributed by atoms with van der Waals surface area (Å²) >= 11 is 0. The van der Waals surface area contributed by atoms with Gasteiger partial charge >= 0.3 is 0 Å². The summed E-state index contributed by atoms with van der Waals surface area (Å²) in [6, 6.07) is 10.5. The van der Waals surface area contributed by atoms with E-state index in [-0.39, 0.29) is 0 Å². The highest BCUT2D eigenvalue weighted by Crippen LogP contribution is 2.21. The topological polar surface area (TPSA) is 49.4 Å². The van der Waals surface area contributed by atoms with Crippen molar-refractivity contribution in [2.75, 3.05) is 25.9 Å². The summed E-state index contributed by atoms with van der Waals surface area (Å²) in [7, 11) is -3.04. The fraction of sp³-hybridized carbons (Fsp3) is 0.600. The normalized spacial score (nSPS) is 18.2. The second-order valence-corrected chi connectivity index (χ2v) is 7.49. The lowest BCUT2D eigenvalue weighted by atomic mass is 9.93. The predicted octanol–water partition coefficient (Wildman–Crippen LogP) is 1.84. The van der Waals surface area contributed by atoms with E-state index in [1.54, 1.807) is 0 Å². The third-order valence-corrected chi connectivity index (χ3v) is 4.60. The summed E-state index contributed by atoms with van der Waals surface area (Å²) in [6.45, 7) is 3.81. The molecule has 2 rings (SSSR count). The number of hydrogen-bond donors (Lipinski definition) is 1. The Hall–Kier alpha value is -0.910. The number of likely N-dealkylation sites (tertiary alicyclic amines) is 1. The lowest BCUT2D eigenvalue weighted by molar-refractivity contribution is 0.173. The van der Waals surface area contributed by atoms with E-state index in [1.165, 1.54) is 11.8 Å². The lowest BCUT2D eigenvalue weighted by Gasteiger charge is -2.32. The summed E-state index contributed by atoms with van der Waals surface area (Å²) in [4.78, 5) is 2.48. The van der Waals surface area contributed by atoms with Crippen LogP contribution in [0.15, 0.2) is 30.3 Å². The highest BCUT2D eigenvalue weighted by molar-refractivity contribution is 7.88. The zero-order valence-electron chi connectivity index (χ0n) is 12.1. The molecule has 0 spiro atoms. The van der Waals surface area contributed by atoms with Gasteiger partial charge in [-0.3, -0.25) is 4.90 Å². The van der Waals surface area contributed by atoms with Gasteiger partial charge in [-0.1, -0.05) is 30.3 Å². The summed E-state index contributed by atoms with van der Waals surface area (Å²) in [5.74, 6) is 0.649.